The van der Waals surface area contributed by atoms with Crippen molar-refractivity contribution in [1.82, 2.24) is 0 Å². The van der Waals surface area contributed by atoms with Crippen molar-refractivity contribution < 1.29 is 24.9 Å². The number of nitrogens with two attached hydrogens (primary N) is 1. The molecule has 1 aliphatic carbocycles. The van der Waals surface area contributed by atoms with Crippen LogP contribution in [0.4, 0.5) is 0 Å². The summed E-state index contributed by atoms with van der Waals surface area (Å²) < 4.78 is 0. The molecule has 0 bridgehead atoms. The van der Waals surface area contributed by atoms with Crippen LogP contribution in [-0.2, 0) is 9.59 Å². The molecule has 0 aromatic heterocycles. The maximum Gasteiger partial charge on any atom is 0.320 e. The van der Waals surface area contributed by atoms with Gasteiger partial charge in [-0.2, -0.15) is 0 Å². The van der Waals surface area contributed by atoms with Crippen LogP contribution in [0, 0.1) is 17.8 Å². The Morgan fingerprint density at radius 3 is 2.19 bits per heavy atom. The largest absolute Gasteiger partial charge is 0.481 e. The molecule has 0 saturated heterocycles. The SMILES string of the molecule is CC1CCC(C(C)C)C(O)C1.N[C@@H](CCC(=O)O)C(=O)O. The number of carboxylic acid groups (broad SMARTS) is 2. The van der Waals surface area contributed by atoms with Crippen molar-refractivity contribution in [3.8, 4) is 0 Å². The second-order valence-electron chi connectivity index (χ2n) is 6.27. The maximum atomic E-state index is 9.99. The average molecular weight is 303 g/mol. The number of aliphatic hydroxyl groups excluding tert-OH is 1. The summed E-state index contributed by atoms with van der Waals surface area (Å²) in [5.74, 6) is -0.248. The van der Waals surface area contributed by atoms with E-state index in [1.165, 1.54) is 12.8 Å². The third kappa shape index (κ3) is 8.67. The lowest BCUT2D eigenvalue weighted by molar-refractivity contribution is -0.139. The first-order valence-corrected chi connectivity index (χ1v) is 7.53. The molecule has 6 nitrogen and oxygen atoms in total. The smallest absolute Gasteiger partial charge is 0.320 e. The molecule has 0 aromatic rings. The summed E-state index contributed by atoms with van der Waals surface area (Å²) in [4.78, 5) is 19.9. The molecule has 6 heteroatoms. The Bertz CT molecular complexity index is 332. The lowest BCUT2D eigenvalue weighted by Gasteiger charge is -2.33. The second-order valence-corrected chi connectivity index (χ2v) is 6.27. The summed E-state index contributed by atoms with van der Waals surface area (Å²) in [6, 6.07) is -1.06. The molecule has 4 atom stereocenters. The Morgan fingerprint density at radius 2 is 1.81 bits per heavy atom. The summed E-state index contributed by atoms with van der Waals surface area (Å²) >= 11 is 0. The second kappa shape index (κ2) is 9.73. The minimum Gasteiger partial charge on any atom is -0.481 e. The summed E-state index contributed by atoms with van der Waals surface area (Å²) in [5.41, 5.74) is 5.00. The zero-order valence-electron chi connectivity index (χ0n) is 13.2. The van der Waals surface area contributed by atoms with Gasteiger partial charge < -0.3 is 21.1 Å². The number of hydrogen-bond acceptors (Lipinski definition) is 4. The third-order valence-corrected chi connectivity index (χ3v) is 3.97. The van der Waals surface area contributed by atoms with Crippen LogP contribution in [-0.4, -0.2) is 39.4 Å². The van der Waals surface area contributed by atoms with Gasteiger partial charge in [0.2, 0.25) is 0 Å². The first-order chi connectivity index (χ1) is 9.65. The number of rotatable bonds is 5. The van der Waals surface area contributed by atoms with Gasteiger partial charge in [-0.1, -0.05) is 27.2 Å². The molecule has 0 aromatic carbocycles. The Morgan fingerprint density at radius 1 is 1.24 bits per heavy atom. The van der Waals surface area contributed by atoms with Crippen LogP contribution in [0.1, 0.15) is 52.9 Å². The van der Waals surface area contributed by atoms with Gasteiger partial charge in [-0.25, -0.2) is 0 Å². The highest BCUT2D eigenvalue weighted by Gasteiger charge is 2.28. The average Bonchev–Trinajstić information content (AvgIpc) is 2.35. The minimum atomic E-state index is -1.17. The van der Waals surface area contributed by atoms with Crippen molar-refractivity contribution in [1.29, 1.82) is 0 Å². The lowest BCUT2D eigenvalue weighted by atomic mass is 9.75. The van der Waals surface area contributed by atoms with Crippen molar-refractivity contribution in [2.24, 2.45) is 23.5 Å². The van der Waals surface area contributed by atoms with Crippen LogP contribution in [0.5, 0.6) is 0 Å². The van der Waals surface area contributed by atoms with Crippen LogP contribution in [0.25, 0.3) is 0 Å². The van der Waals surface area contributed by atoms with Gasteiger partial charge >= 0.3 is 11.9 Å². The highest BCUT2D eigenvalue weighted by atomic mass is 16.4. The first-order valence-electron chi connectivity index (χ1n) is 7.53. The Kier molecular flexibility index (Phi) is 9.21. The predicted molar refractivity (Wildman–Crippen MR) is 79.8 cm³/mol. The van der Waals surface area contributed by atoms with E-state index in [9.17, 15) is 14.7 Å². The molecule has 1 saturated carbocycles. The fraction of sp³-hybridized carbons (Fsp3) is 0.867. The molecule has 0 amide bonds. The molecule has 124 valence electrons. The van der Waals surface area contributed by atoms with Crippen LogP contribution >= 0.6 is 0 Å². The van der Waals surface area contributed by atoms with Crippen LogP contribution < -0.4 is 5.73 Å². The highest BCUT2D eigenvalue weighted by Crippen LogP contribution is 2.33. The van der Waals surface area contributed by atoms with Gasteiger partial charge in [0.15, 0.2) is 0 Å². The van der Waals surface area contributed by atoms with Gasteiger partial charge in [-0.15, -0.1) is 0 Å². The topological polar surface area (TPSA) is 121 Å². The van der Waals surface area contributed by atoms with Gasteiger partial charge in [-0.3, -0.25) is 9.59 Å². The maximum absolute atomic E-state index is 9.99. The Hall–Kier alpha value is -1.14. The number of carbonyl (C=O) groups is 2. The van der Waals surface area contributed by atoms with Gasteiger partial charge in [0.25, 0.3) is 0 Å². The van der Waals surface area contributed by atoms with Crippen molar-refractivity contribution in [3.05, 3.63) is 0 Å². The highest BCUT2D eigenvalue weighted by molar-refractivity contribution is 5.74. The molecule has 21 heavy (non-hydrogen) atoms. The molecule has 1 rings (SSSR count). The predicted octanol–water partition coefficient (Wildman–Crippen LogP) is 1.70. The van der Waals surface area contributed by atoms with Gasteiger partial charge in [0, 0.05) is 6.42 Å². The summed E-state index contributed by atoms with van der Waals surface area (Å²) in [7, 11) is 0. The summed E-state index contributed by atoms with van der Waals surface area (Å²) in [6.07, 6.45) is 3.29. The molecule has 0 spiro atoms. The fourth-order valence-electron chi connectivity index (χ4n) is 2.55. The van der Waals surface area contributed by atoms with E-state index in [4.69, 9.17) is 15.9 Å². The molecule has 1 fully saturated rings. The molecular weight excluding hydrogens is 274 g/mol. The Labute approximate surface area is 126 Å². The zero-order valence-corrected chi connectivity index (χ0v) is 13.2. The number of hydrogen-bond donors (Lipinski definition) is 4. The van der Waals surface area contributed by atoms with Crippen molar-refractivity contribution in [2.75, 3.05) is 0 Å². The summed E-state index contributed by atoms with van der Waals surface area (Å²) in [6.45, 7) is 6.66. The molecule has 0 heterocycles. The summed E-state index contributed by atoms with van der Waals surface area (Å²) in [5, 5.41) is 26.0. The molecule has 1 aliphatic rings. The van der Waals surface area contributed by atoms with Crippen molar-refractivity contribution in [2.45, 2.75) is 65.0 Å². The number of carboxylic acids is 2. The van der Waals surface area contributed by atoms with E-state index in [1.54, 1.807) is 0 Å². The van der Waals surface area contributed by atoms with E-state index in [0.29, 0.717) is 11.8 Å². The van der Waals surface area contributed by atoms with E-state index in [2.05, 4.69) is 20.8 Å². The van der Waals surface area contributed by atoms with E-state index in [0.717, 1.165) is 12.3 Å². The van der Waals surface area contributed by atoms with E-state index in [1.807, 2.05) is 0 Å². The minimum absolute atomic E-state index is 0.0231. The van der Waals surface area contributed by atoms with Crippen molar-refractivity contribution in [3.63, 3.8) is 0 Å². The fourth-order valence-corrected chi connectivity index (χ4v) is 2.55. The Balaban J connectivity index is 0.000000384. The molecule has 5 N–H and O–H groups in total. The zero-order chi connectivity index (χ0) is 16.6. The van der Waals surface area contributed by atoms with Crippen LogP contribution in [0.2, 0.25) is 0 Å². The monoisotopic (exact) mass is 303 g/mol. The number of aliphatic carboxylic acids is 2. The van der Waals surface area contributed by atoms with Crippen LogP contribution in [0.3, 0.4) is 0 Å². The standard InChI is InChI=1S/C10H20O.C5H9NO4/c1-7(2)9-5-4-8(3)6-10(9)11;6-3(5(9)10)1-2-4(7)8/h7-11H,4-6H2,1-3H3;3H,1-2,6H2,(H,7,8)(H,9,10)/t;3-/m.0/s1. The molecule has 3 unspecified atom stereocenters. The number of aliphatic hydroxyl groups is 1. The third-order valence-electron chi connectivity index (χ3n) is 3.97. The molecule has 0 aliphatic heterocycles. The molecular formula is C15H29NO5. The van der Waals surface area contributed by atoms with Gasteiger partial charge in [0.1, 0.15) is 6.04 Å². The first kappa shape index (κ1) is 19.9. The normalized spacial score (nSPS) is 26.7. The van der Waals surface area contributed by atoms with Crippen LogP contribution in [0.15, 0.2) is 0 Å². The van der Waals surface area contributed by atoms with E-state index < -0.39 is 18.0 Å². The van der Waals surface area contributed by atoms with E-state index in [-0.39, 0.29) is 18.9 Å². The lowest BCUT2D eigenvalue weighted by Crippen LogP contribution is -2.31. The van der Waals surface area contributed by atoms with Gasteiger partial charge in [0.05, 0.1) is 6.10 Å². The van der Waals surface area contributed by atoms with E-state index >= 15 is 0 Å². The van der Waals surface area contributed by atoms with Gasteiger partial charge in [-0.05, 0) is 37.0 Å². The molecule has 0 radical (unpaired) electrons. The van der Waals surface area contributed by atoms with Crippen molar-refractivity contribution >= 4 is 11.9 Å². The quantitative estimate of drug-likeness (QED) is 0.613.